The highest BCUT2D eigenvalue weighted by atomic mass is 32.2. The minimum absolute atomic E-state index is 0.00329. The number of fused-ring (bicyclic) bond motifs is 1. The number of aromatic nitrogens is 1. The van der Waals surface area contributed by atoms with Gasteiger partial charge >= 0.3 is 0 Å². The highest BCUT2D eigenvalue weighted by Gasteiger charge is 2.37. The second-order valence-electron chi connectivity index (χ2n) is 8.07. The molecule has 0 radical (unpaired) electrons. The Hall–Kier alpha value is -1.63. The van der Waals surface area contributed by atoms with E-state index in [-0.39, 0.29) is 23.6 Å². The Balaban J connectivity index is 1.45. The molecule has 3 heterocycles. The molecule has 26 heavy (non-hydrogen) atoms. The van der Waals surface area contributed by atoms with Crippen LogP contribution in [0.1, 0.15) is 51.0 Å². The van der Waals surface area contributed by atoms with E-state index in [1.807, 2.05) is 13.0 Å². The van der Waals surface area contributed by atoms with Gasteiger partial charge in [-0.05, 0) is 56.6 Å². The van der Waals surface area contributed by atoms with E-state index in [0.29, 0.717) is 30.6 Å². The average Bonchev–Trinajstić information content (AvgIpc) is 2.89. The number of sulfonamides is 1. The average molecular weight is 378 g/mol. The highest BCUT2D eigenvalue weighted by Crippen LogP contribution is 2.34. The molecule has 1 saturated carbocycles. The summed E-state index contributed by atoms with van der Waals surface area (Å²) in [7, 11) is -3.24. The largest absolute Gasteiger partial charge is 0.353 e. The maximum Gasteiger partial charge on any atom is 0.236 e. The van der Waals surface area contributed by atoms with Crippen LogP contribution in [0.5, 0.6) is 0 Å². The van der Waals surface area contributed by atoms with E-state index in [9.17, 15) is 13.2 Å². The zero-order valence-electron chi connectivity index (χ0n) is 15.2. The second-order valence-corrected chi connectivity index (χ2v) is 10.0. The van der Waals surface area contributed by atoms with Crippen molar-refractivity contribution in [2.45, 2.75) is 64.0 Å². The van der Waals surface area contributed by atoms with E-state index in [2.05, 4.69) is 10.3 Å². The van der Waals surface area contributed by atoms with Crippen LogP contribution in [0.4, 0.5) is 5.82 Å². The zero-order valence-corrected chi connectivity index (χ0v) is 16.0. The topological polar surface area (TPSA) is 79.4 Å². The molecule has 1 aliphatic carbocycles. The Morgan fingerprint density at radius 2 is 2.04 bits per heavy atom. The third kappa shape index (κ3) is 3.33. The van der Waals surface area contributed by atoms with Gasteiger partial charge in [0.1, 0.15) is 5.82 Å². The van der Waals surface area contributed by atoms with Crippen molar-refractivity contribution in [3.8, 4) is 0 Å². The number of anilines is 1. The van der Waals surface area contributed by atoms with E-state index in [1.165, 1.54) is 23.6 Å². The molecule has 142 valence electrons. The summed E-state index contributed by atoms with van der Waals surface area (Å²) in [4.78, 5) is 16.8. The molecular formula is C19H27N3O3S. The van der Waals surface area contributed by atoms with Crippen molar-refractivity contribution in [3.05, 3.63) is 23.9 Å². The first-order valence-corrected chi connectivity index (χ1v) is 11.3. The third-order valence-corrected chi connectivity index (χ3v) is 8.10. The molecule has 4 rings (SSSR count). The number of rotatable bonds is 3. The van der Waals surface area contributed by atoms with Crippen LogP contribution in [-0.2, 0) is 21.2 Å². The molecule has 1 aromatic rings. The molecule has 0 bridgehead atoms. The number of nitrogens with zero attached hydrogens (tertiary/aromatic N) is 2. The van der Waals surface area contributed by atoms with Crippen LogP contribution in [0, 0.1) is 11.8 Å². The van der Waals surface area contributed by atoms with Crippen LogP contribution in [-0.4, -0.2) is 37.1 Å². The fraction of sp³-hybridized carbons (Fsp3) is 0.684. The zero-order chi connectivity index (χ0) is 18.3. The van der Waals surface area contributed by atoms with E-state index >= 15 is 0 Å². The molecule has 2 aliphatic heterocycles. The van der Waals surface area contributed by atoms with Crippen molar-refractivity contribution in [2.24, 2.45) is 11.8 Å². The summed E-state index contributed by atoms with van der Waals surface area (Å²) >= 11 is 0. The van der Waals surface area contributed by atoms with Crippen LogP contribution < -0.4 is 9.62 Å². The van der Waals surface area contributed by atoms with Gasteiger partial charge < -0.3 is 5.32 Å². The third-order valence-electron chi connectivity index (χ3n) is 6.21. The lowest BCUT2D eigenvalue weighted by atomic mass is 9.74. The minimum Gasteiger partial charge on any atom is -0.353 e. The first-order chi connectivity index (χ1) is 12.4. The van der Waals surface area contributed by atoms with Crippen molar-refractivity contribution in [1.29, 1.82) is 0 Å². The minimum atomic E-state index is -3.24. The molecule has 7 heteroatoms. The van der Waals surface area contributed by atoms with Crippen molar-refractivity contribution in [2.75, 3.05) is 10.1 Å². The summed E-state index contributed by atoms with van der Waals surface area (Å²) in [6, 6.07) is 4.02. The number of piperidine rings is 1. The fourth-order valence-electron chi connectivity index (χ4n) is 4.76. The standard InChI is InChI=1S/C19H27N3O3S/c1-13-8-9-26(24,25)22(13)18-7-6-14(12-20-18)10-16-11-15-4-2-3-5-17(15)21-19(16)23/h6-7,12-13,15-17H,2-5,8-11H2,1H3,(H,21,23)/t13-,15?,16?,17?/m0/s1. The Bertz CT molecular complexity index is 778. The molecule has 2 saturated heterocycles. The number of carbonyl (C=O) groups is 1. The maximum absolute atomic E-state index is 12.4. The highest BCUT2D eigenvalue weighted by molar-refractivity contribution is 7.93. The van der Waals surface area contributed by atoms with Crippen LogP contribution in [0.2, 0.25) is 0 Å². The summed E-state index contributed by atoms with van der Waals surface area (Å²) in [5, 5.41) is 3.21. The number of carbonyl (C=O) groups excluding carboxylic acids is 1. The molecule has 3 fully saturated rings. The first kappa shape index (κ1) is 17.8. The number of hydrogen-bond acceptors (Lipinski definition) is 4. The molecule has 0 aromatic carbocycles. The van der Waals surface area contributed by atoms with Gasteiger partial charge in [-0.3, -0.25) is 9.10 Å². The molecule has 1 N–H and O–H groups in total. The predicted molar refractivity (Wildman–Crippen MR) is 100 cm³/mol. The molecule has 1 aromatic heterocycles. The number of amides is 1. The molecule has 4 atom stereocenters. The van der Waals surface area contributed by atoms with Crippen LogP contribution in [0.3, 0.4) is 0 Å². The lowest BCUT2D eigenvalue weighted by Gasteiger charge is -2.39. The van der Waals surface area contributed by atoms with Crippen molar-refractivity contribution >= 4 is 21.7 Å². The Morgan fingerprint density at radius 1 is 1.23 bits per heavy atom. The van der Waals surface area contributed by atoms with Gasteiger partial charge in [-0.2, -0.15) is 0 Å². The van der Waals surface area contributed by atoms with E-state index in [0.717, 1.165) is 18.4 Å². The van der Waals surface area contributed by atoms with Gasteiger partial charge in [-0.25, -0.2) is 13.4 Å². The summed E-state index contributed by atoms with van der Waals surface area (Å²) in [5.41, 5.74) is 0.993. The van der Waals surface area contributed by atoms with Crippen LogP contribution in [0.25, 0.3) is 0 Å². The molecular weight excluding hydrogens is 350 g/mol. The van der Waals surface area contributed by atoms with Crippen molar-refractivity contribution in [1.82, 2.24) is 10.3 Å². The number of hydrogen-bond donors (Lipinski definition) is 1. The molecule has 3 aliphatic rings. The van der Waals surface area contributed by atoms with Crippen LogP contribution >= 0.6 is 0 Å². The van der Waals surface area contributed by atoms with Gasteiger partial charge in [0.15, 0.2) is 0 Å². The number of pyridine rings is 1. The lowest BCUT2D eigenvalue weighted by molar-refractivity contribution is -0.129. The number of nitrogens with one attached hydrogen (secondary N) is 1. The quantitative estimate of drug-likeness (QED) is 0.876. The van der Waals surface area contributed by atoms with E-state index in [4.69, 9.17) is 0 Å². The van der Waals surface area contributed by atoms with Gasteiger partial charge in [-0.15, -0.1) is 0 Å². The van der Waals surface area contributed by atoms with Gasteiger partial charge in [0, 0.05) is 24.2 Å². The van der Waals surface area contributed by atoms with Gasteiger partial charge in [-0.1, -0.05) is 18.9 Å². The second kappa shape index (κ2) is 6.83. The van der Waals surface area contributed by atoms with Gasteiger partial charge in [0.05, 0.1) is 5.75 Å². The molecule has 3 unspecified atom stereocenters. The Labute approximate surface area is 155 Å². The fourth-order valence-corrected chi connectivity index (χ4v) is 6.64. The summed E-state index contributed by atoms with van der Waals surface area (Å²) in [5.74, 6) is 1.43. The van der Waals surface area contributed by atoms with Crippen molar-refractivity contribution in [3.63, 3.8) is 0 Å². The van der Waals surface area contributed by atoms with Crippen molar-refractivity contribution < 1.29 is 13.2 Å². The molecule has 6 nitrogen and oxygen atoms in total. The first-order valence-electron chi connectivity index (χ1n) is 9.71. The van der Waals surface area contributed by atoms with E-state index in [1.54, 1.807) is 12.3 Å². The normalized spacial score (nSPS) is 33.6. The Kier molecular flexibility index (Phi) is 4.67. The molecule has 1 amide bonds. The van der Waals surface area contributed by atoms with E-state index < -0.39 is 10.0 Å². The Morgan fingerprint density at radius 3 is 2.73 bits per heavy atom. The molecule has 0 spiro atoms. The maximum atomic E-state index is 12.4. The summed E-state index contributed by atoms with van der Waals surface area (Å²) in [6.07, 6.45) is 8.80. The van der Waals surface area contributed by atoms with Gasteiger partial charge in [0.25, 0.3) is 0 Å². The van der Waals surface area contributed by atoms with Gasteiger partial charge in [0.2, 0.25) is 15.9 Å². The predicted octanol–water partition coefficient (Wildman–Crippen LogP) is 2.25. The van der Waals surface area contributed by atoms with Crippen LogP contribution in [0.15, 0.2) is 18.3 Å². The lowest BCUT2D eigenvalue weighted by Crippen LogP contribution is -2.51. The smallest absolute Gasteiger partial charge is 0.236 e. The SMILES string of the molecule is C[C@H]1CCS(=O)(=O)N1c1ccc(CC2CC3CCCCC3NC2=O)cn1. The monoisotopic (exact) mass is 377 g/mol. The summed E-state index contributed by atoms with van der Waals surface area (Å²) < 4.78 is 25.8. The summed E-state index contributed by atoms with van der Waals surface area (Å²) in [6.45, 7) is 1.91.